The average Bonchev–Trinajstić information content (AvgIpc) is 2.78. The molecule has 0 saturated heterocycles. The Kier molecular flexibility index (Phi) is 6.89. The molecule has 3 rings (SSSR count). The van der Waals surface area contributed by atoms with Gasteiger partial charge in [0.05, 0.1) is 24.1 Å². The summed E-state index contributed by atoms with van der Waals surface area (Å²) in [5.74, 6) is -0.0728. The first-order chi connectivity index (χ1) is 14.5. The molecule has 3 aromatic carbocycles. The second kappa shape index (κ2) is 9.58. The molecule has 4 heteroatoms. The number of hydrogen-bond acceptors (Lipinski definition) is 3. The third kappa shape index (κ3) is 4.54. The monoisotopic (exact) mass is 395 g/mol. The minimum atomic E-state index is -0.386. The first-order valence-corrected chi connectivity index (χ1v) is 10.2. The van der Waals surface area contributed by atoms with Gasteiger partial charge in [-0.05, 0) is 53.6 Å². The number of ether oxygens (including phenoxy) is 1. The molecule has 0 saturated carbocycles. The molecule has 0 fully saturated rings. The number of carbonyl (C=O) groups excluding carboxylic acids is 1. The van der Waals surface area contributed by atoms with Crippen molar-refractivity contribution in [2.45, 2.75) is 27.2 Å². The summed E-state index contributed by atoms with van der Waals surface area (Å²) < 4.78 is 4.97. The van der Waals surface area contributed by atoms with Gasteiger partial charge in [-0.3, -0.25) is 4.99 Å². The van der Waals surface area contributed by atoms with Crippen LogP contribution < -0.4 is 5.46 Å². The largest absolute Gasteiger partial charge is 0.465 e. The quantitative estimate of drug-likeness (QED) is 0.318. The van der Waals surface area contributed by atoms with E-state index >= 15 is 0 Å². The lowest BCUT2D eigenvalue weighted by Gasteiger charge is -2.16. The number of benzene rings is 3. The van der Waals surface area contributed by atoms with Crippen LogP contribution in [-0.2, 0) is 4.74 Å². The standard InChI is InChI=1S/C26H26BNO2/c1-5-17(2)25(19-10-7-6-8-11-19)28-24-13-9-12-21(18(24)3)23-16-20(27)14-15-22(23)26(29)30-4/h6-17H,5H2,1-4H3. The van der Waals surface area contributed by atoms with Crippen molar-refractivity contribution in [1.82, 2.24) is 0 Å². The van der Waals surface area contributed by atoms with Crippen LogP contribution in [0, 0.1) is 12.8 Å². The lowest BCUT2D eigenvalue weighted by atomic mass is 9.87. The summed E-state index contributed by atoms with van der Waals surface area (Å²) in [6, 6.07) is 21.5. The van der Waals surface area contributed by atoms with Gasteiger partial charge in [0.15, 0.2) is 0 Å². The molecule has 2 radical (unpaired) electrons. The molecule has 150 valence electrons. The van der Waals surface area contributed by atoms with Crippen LogP contribution in [0.25, 0.3) is 11.1 Å². The van der Waals surface area contributed by atoms with Crippen LogP contribution in [0.4, 0.5) is 5.69 Å². The lowest BCUT2D eigenvalue weighted by molar-refractivity contribution is 0.0601. The zero-order chi connectivity index (χ0) is 21.7. The number of aliphatic imine (C=N–C) groups is 1. The van der Waals surface area contributed by atoms with Gasteiger partial charge in [-0.2, -0.15) is 0 Å². The van der Waals surface area contributed by atoms with E-state index in [9.17, 15) is 4.79 Å². The molecule has 3 aromatic rings. The van der Waals surface area contributed by atoms with E-state index in [0.717, 1.165) is 40.1 Å². The highest BCUT2D eigenvalue weighted by atomic mass is 16.5. The second-order valence-corrected chi connectivity index (χ2v) is 7.42. The summed E-state index contributed by atoms with van der Waals surface area (Å²) in [5.41, 5.74) is 6.79. The minimum absolute atomic E-state index is 0.313. The Bertz CT molecular complexity index is 1070. The van der Waals surface area contributed by atoms with Crippen molar-refractivity contribution < 1.29 is 9.53 Å². The van der Waals surface area contributed by atoms with Crippen LogP contribution in [-0.4, -0.2) is 26.6 Å². The van der Waals surface area contributed by atoms with Crippen LogP contribution in [0.3, 0.4) is 0 Å². The number of carbonyl (C=O) groups is 1. The van der Waals surface area contributed by atoms with Crippen molar-refractivity contribution in [2.24, 2.45) is 10.9 Å². The number of esters is 1. The van der Waals surface area contributed by atoms with Gasteiger partial charge < -0.3 is 4.74 Å². The Morgan fingerprint density at radius 1 is 1.03 bits per heavy atom. The summed E-state index contributed by atoms with van der Waals surface area (Å²) in [7, 11) is 7.41. The summed E-state index contributed by atoms with van der Waals surface area (Å²) in [5, 5.41) is 0. The molecule has 0 aliphatic carbocycles. The molecule has 0 aromatic heterocycles. The summed E-state index contributed by atoms with van der Waals surface area (Å²) in [6.07, 6.45) is 0.994. The third-order valence-corrected chi connectivity index (χ3v) is 5.43. The fraction of sp³-hybridized carbons (Fsp3) is 0.231. The van der Waals surface area contributed by atoms with E-state index in [1.54, 1.807) is 12.1 Å². The Morgan fingerprint density at radius 3 is 2.43 bits per heavy atom. The van der Waals surface area contributed by atoms with Gasteiger partial charge in [0.25, 0.3) is 0 Å². The summed E-state index contributed by atoms with van der Waals surface area (Å²) in [4.78, 5) is 17.4. The van der Waals surface area contributed by atoms with Crippen molar-refractivity contribution in [3.63, 3.8) is 0 Å². The molecular formula is C26H26BNO2. The normalized spacial score (nSPS) is 12.5. The predicted molar refractivity (Wildman–Crippen MR) is 125 cm³/mol. The van der Waals surface area contributed by atoms with Crippen molar-refractivity contribution >= 4 is 30.7 Å². The van der Waals surface area contributed by atoms with E-state index in [2.05, 4.69) is 26.0 Å². The van der Waals surface area contributed by atoms with Crippen molar-refractivity contribution in [2.75, 3.05) is 7.11 Å². The number of methoxy groups -OCH3 is 1. The molecule has 0 amide bonds. The summed E-state index contributed by atoms with van der Waals surface area (Å²) in [6.45, 7) is 6.39. The molecule has 3 nitrogen and oxygen atoms in total. The Labute approximate surface area is 180 Å². The third-order valence-electron chi connectivity index (χ3n) is 5.43. The van der Waals surface area contributed by atoms with Gasteiger partial charge in [0, 0.05) is 0 Å². The molecule has 0 spiro atoms. The molecule has 0 N–H and O–H groups in total. The van der Waals surface area contributed by atoms with E-state index < -0.39 is 0 Å². The molecular weight excluding hydrogens is 369 g/mol. The highest BCUT2D eigenvalue weighted by Gasteiger charge is 2.17. The smallest absolute Gasteiger partial charge is 0.338 e. The highest BCUT2D eigenvalue weighted by molar-refractivity contribution is 6.33. The topological polar surface area (TPSA) is 38.7 Å². The van der Waals surface area contributed by atoms with Crippen LogP contribution >= 0.6 is 0 Å². The van der Waals surface area contributed by atoms with Gasteiger partial charge in [-0.15, -0.1) is 0 Å². The Hall–Kier alpha value is -3.14. The average molecular weight is 395 g/mol. The predicted octanol–water partition coefficient (Wildman–Crippen LogP) is 5.41. The zero-order valence-electron chi connectivity index (χ0n) is 18.0. The van der Waals surface area contributed by atoms with Crippen LogP contribution in [0.1, 0.15) is 41.8 Å². The maximum Gasteiger partial charge on any atom is 0.338 e. The maximum atomic E-state index is 12.3. The maximum absolute atomic E-state index is 12.3. The first kappa shape index (κ1) is 21.6. The van der Waals surface area contributed by atoms with E-state index in [0.29, 0.717) is 16.9 Å². The van der Waals surface area contributed by atoms with Gasteiger partial charge in [0.1, 0.15) is 7.85 Å². The number of rotatable bonds is 6. The lowest BCUT2D eigenvalue weighted by Crippen LogP contribution is -2.12. The number of hydrogen-bond donors (Lipinski definition) is 0. The van der Waals surface area contributed by atoms with Crippen molar-refractivity contribution in [3.05, 3.63) is 83.4 Å². The zero-order valence-corrected chi connectivity index (χ0v) is 18.0. The van der Waals surface area contributed by atoms with E-state index in [1.165, 1.54) is 7.11 Å². The fourth-order valence-corrected chi connectivity index (χ4v) is 3.50. The molecule has 0 bridgehead atoms. The van der Waals surface area contributed by atoms with Gasteiger partial charge in [-0.25, -0.2) is 4.79 Å². The van der Waals surface area contributed by atoms with Gasteiger partial charge in [0.2, 0.25) is 0 Å². The molecule has 0 heterocycles. The molecule has 1 unspecified atom stereocenters. The molecule has 0 aliphatic heterocycles. The summed E-state index contributed by atoms with van der Waals surface area (Å²) >= 11 is 0. The van der Waals surface area contributed by atoms with E-state index in [1.807, 2.05) is 49.4 Å². The molecule has 0 aliphatic rings. The van der Waals surface area contributed by atoms with Crippen LogP contribution in [0.15, 0.2) is 71.7 Å². The Balaban J connectivity index is 2.18. The second-order valence-electron chi connectivity index (χ2n) is 7.42. The minimum Gasteiger partial charge on any atom is -0.465 e. The van der Waals surface area contributed by atoms with Crippen LogP contribution in [0.5, 0.6) is 0 Å². The molecule has 30 heavy (non-hydrogen) atoms. The first-order valence-electron chi connectivity index (χ1n) is 10.2. The highest BCUT2D eigenvalue weighted by Crippen LogP contribution is 2.33. The van der Waals surface area contributed by atoms with Crippen molar-refractivity contribution in [3.8, 4) is 11.1 Å². The van der Waals surface area contributed by atoms with Crippen LogP contribution in [0.2, 0.25) is 0 Å². The fourth-order valence-electron chi connectivity index (χ4n) is 3.50. The number of nitrogens with zero attached hydrogens (tertiary/aromatic N) is 1. The van der Waals surface area contributed by atoms with E-state index in [4.69, 9.17) is 17.6 Å². The SMILES string of the molecule is [B]c1ccc(C(=O)OC)c(-c2cccc(N=C(c3ccccc3)C(C)CC)c2C)c1. The molecule has 1 atom stereocenters. The van der Waals surface area contributed by atoms with E-state index in [-0.39, 0.29) is 5.97 Å². The van der Waals surface area contributed by atoms with Crippen molar-refractivity contribution in [1.29, 1.82) is 0 Å². The van der Waals surface area contributed by atoms with Gasteiger partial charge in [-0.1, -0.05) is 73.9 Å². The van der Waals surface area contributed by atoms with Gasteiger partial charge >= 0.3 is 5.97 Å². The Morgan fingerprint density at radius 2 is 1.77 bits per heavy atom.